The zero-order valence-corrected chi connectivity index (χ0v) is 27.3. The van der Waals surface area contributed by atoms with Crippen LogP contribution in [0.1, 0.15) is 50.7 Å². The van der Waals surface area contributed by atoms with Gasteiger partial charge < -0.3 is 26.0 Å². The van der Waals surface area contributed by atoms with Crippen molar-refractivity contribution < 1.29 is 41.9 Å². The van der Waals surface area contributed by atoms with Crippen molar-refractivity contribution in [1.82, 2.24) is 21.3 Å². The second kappa shape index (κ2) is 16.9. The third kappa shape index (κ3) is 10.8. The van der Waals surface area contributed by atoms with Crippen molar-refractivity contribution in [2.75, 3.05) is 6.54 Å². The van der Waals surface area contributed by atoms with Crippen molar-refractivity contribution in [1.29, 1.82) is 0 Å². The first kappa shape index (κ1) is 36.9. The van der Waals surface area contributed by atoms with Gasteiger partial charge >= 0.3 is 12.3 Å². The van der Waals surface area contributed by atoms with E-state index in [0.29, 0.717) is 18.5 Å². The summed E-state index contributed by atoms with van der Waals surface area (Å²) in [6.45, 7) is 3.81. The quantitative estimate of drug-likeness (QED) is 0.194. The average molecular weight is 683 g/mol. The Balaban J connectivity index is 1.56. The molecule has 1 heterocycles. The highest BCUT2D eigenvalue weighted by atomic mass is 19.4. The van der Waals surface area contributed by atoms with Crippen LogP contribution in [-0.4, -0.2) is 60.4 Å². The van der Waals surface area contributed by atoms with E-state index in [4.69, 9.17) is 4.74 Å². The van der Waals surface area contributed by atoms with Gasteiger partial charge in [0.05, 0.1) is 6.04 Å². The molecule has 49 heavy (non-hydrogen) atoms. The molecule has 262 valence electrons. The Bertz CT molecular complexity index is 1630. The topological polar surface area (TPSA) is 143 Å². The lowest BCUT2D eigenvalue weighted by molar-refractivity contribution is -0.174. The predicted octanol–water partition coefficient (Wildman–Crippen LogP) is 4.74. The summed E-state index contributed by atoms with van der Waals surface area (Å²) in [6.07, 6.45) is -5.93. The molecule has 0 aliphatic carbocycles. The number of fused-ring (bicyclic) bond motifs is 1. The van der Waals surface area contributed by atoms with Gasteiger partial charge in [-0.15, -0.1) is 0 Å². The minimum Gasteiger partial charge on any atom is -0.445 e. The van der Waals surface area contributed by atoms with Crippen molar-refractivity contribution in [3.8, 4) is 0 Å². The number of carbonyl (C=O) groups is 5. The Kier molecular flexibility index (Phi) is 12.8. The maximum atomic E-state index is 13.9. The summed E-state index contributed by atoms with van der Waals surface area (Å²) in [7, 11) is 0. The Hall–Kier alpha value is -4.94. The Morgan fingerprint density at radius 1 is 0.857 bits per heavy atom. The number of alkyl halides is 3. The number of ketones is 1. The molecule has 4 amide bonds. The van der Waals surface area contributed by atoms with Gasteiger partial charge in [-0.05, 0) is 53.5 Å². The van der Waals surface area contributed by atoms with Crippen LogP contribution >= 0.6 is 0 Å². The van der Waals surface area contributed by atoms with Gasteiger partial charge in [0, 0.05) is 18.9 Å². The van der Waals surface area contributed by atoms with E-state index in [2.05, 4.69) is 21.3 Å². The number of nitrogens with one attached hydrogen (secondary N) is 4. The number of ether oxygens (including phenoxy) is 1. The Morgan fingerprint density at radius 2 is 1.51 bits per heavy atom. The third-order valence-corrected chi connectivity index (χ3v) is 8.30. The van der Waals surface area contributed by atoms with E-state index in [-0.39, 0.29) is 31.8 Å². The molecule has 0 aromatic heterocycles. The van der Waals surface area contributed by atoms with Crippen molar-refractivity contribution in [2.24, 2.45) is 11.8 Å². The lowest BCUT2D eigenvalue weighted by Crippen LogP contribution is -2.58. The number of Topliss-reactive ketones (excluding diaryl/α,β-unsaturated/α-hetero) is 1. The molecule has 3 aromatic carbocycles. The van der Waals surface area contributed by atoms with Gasteiger partial charge in [0.15, 0.2) is 0 Å². The van der Waals surface area contributed by atoms with Crippen LogP contribution in [0, 0.1) is 11.8 Å². The molecule has 4 N–H and O–H groups in total. The molecule has 0 bridgehead atoms. The average Bonchev–Trinajstić information content (AvgIpc) is 3.07. The van der Waals surface area contributed by atoms with Gasteiger partial charge in [0.2, 0.25) is 17.7 Å². The Labute approximate surface area is 282 Å². The lowest BCUT2D eigenvalue weighted by Gasteiger charge is -2.29. The number of hydrogen-bond acceptors (Lipinski definition) is 6. The highest BCUT2D eigenvalue weighted by Gasteiger charge is 2.46. The number of amides is 4. The molecule has 0 spiro atoms. The molecular formula is C36H41F3N4O6. The SMILES string of the molecule is CC(C)C[C@H](NC(=O)C(Cc1cccc2ccccc12)NC(=O)OCc1ccccc1)C(=O)N[C@@H](C[C@@H]1CCCNC1=O)C(=O)C(F)(F)F. The number of halogens is 3. The van der Waals surface area contributed by atoms with Crippen LogP contribution in [0.25, 0.3) is 10.8 Å². The molecule has 0 radical (unpaired) electrons. The molecule has 1 aliphatic rings. The van der Waals surface area contributed by atoms with Crippen LogP contribution in [0.15, 0.2) is 72.8 Å². The van der Waals surface area contributed by atoms with Gasteiger partial charge in [-0.3, -0.25) is 19.2 Å². The highest BCUT2D eigenvalue weighted by Crippen LogP contribution is 2.25. The zero-order valence-electron chi connectivity index (χ0n) is 27.3. The van der Waals surface area contributed by atoms with E-state index in [1.54, 1.807) is 50.2 Å². The number of piperidine rings is 1. The standard InChI is InChI=1S/C36H41F3N4O6/c1-22(2)18-29(33(46)41-28(31(44)36(37,38)39)20-26-15-9-17-40-32(26)45)42-34(47)30(43-35(48)49-21-23-10-4-3-5-11-23)19-25-14-8-13-24-12-6-7-16-27(24)25/h3-8,10-14,16,22,26,28-30H,9,15,17-21H2,1-2H3,(H,40,45)(H,41,46)(H,42,47)(H,43,48)/t26-,28-,29-,30?/m0/s1. The van der Waals surface area contributed by atoms with E-state index in [1.807, 2.05) is 36.4 Å². The fourth-order valence-corrected chi connectivity index (χ4v) is 5.83. The summed E-state index contributed by atoms with van der Waals surface area (Å²) in [5, 5.41) is 11.7. The first-order valence-electron chi connectivity index (χ1n) is 16.2. The summed E-state index contributed by atoms with van der Waals surface area (Å²) in [6, 6.07) is 17.2. The molecule has 4 atom stereocenters. The molecule has 3 aromatic rings. The van der Waals surface area contributed by atoms with Crippen molar-refractivity contribution in [2.45, 2.75) is 76.9 Å². The van der Waals surface area contributed by atoms with E-state index < -0.39 is 66.2 Å². The van der Waals surface area contributed by atoms with Gasteiger partial charge in [-0.25, -0.2) is 4.79 Å². The van der Waals surface area contributed by atoms with Crippen LogP contribution in [0.3, 0.4) is 0 Å². The maximum absolute atomic E-state index is 13.9. The highest BCUT2D eigenvalue weighted by molar-refractivity contribution is 5.96. The summed E-state index contributed by atoms with van der Waals surface area (Å²) in [5.74, 6) is -5.59. The van der Waals surface area contributed by atoms with Gasteiger partial charge in [-0.1, -0.05) is 86.6 Å². The molecule has 1 saturated heterocycles. The molecule has 10 nitrogen and oxygen atoms in total. The monoisotopic (exact) mass is 682 g/mol. The predicted molar refractivity (Wildman–Crippen MR) is 176 cm³/mol. The van der Waals surface area contributed by atoms with Crippen molar-refractivity contribution in [3.05, 3.63) is 83.9 Å². The van der Waals surface area contributed by atoms with Gasteiger partial charge in [0.25, 0.3) is 5.78 Å². The summed E-state index contributed by atoms with van der Waals surface area (Å²) < 4.78 is 46.2. The van der Waals surface area contributed by atoms with E-state index >= 15 is 0 Å². The first-order valence-corrected chi connectivity index (χ1v) is 16.2. The number of benzene rings is 3. The van der Waals surface area contributed by atoms with Crippen LogP contribution < -0.4 is 21.3 Å². The summed E-state index contributed by atoms with van der Waals surface area (Å²) in [5.41, 5.74) is 1.43. The number of rotatable bonds is 14. The minimum absolute atomic E-state index is 0.00435. The van der Waals surface area contributed by atoms with Crippen LogP contribution in [0.2, 0.25) is 0 Å². The second-order valence-corrected chi connectivity index (χ2v) is 12.6. The molecule has 1 aliphatic heterocycles. The zero-order chi connectivity index (χ0) is 35.6. The fraction of sp³-hybridized carbons (Fsp3) is 0.417. The molecule has 4 rings (SSSR count). The number of alkyl carbamates (subject to hydrolysis) is 1. The molecule has 1 fully saturated rings. The smallest absolute Gasteiger partial charge is 0.445 e. The summed E-state index contributed by atoms with van der Waals surface area (Å²) >= 11 is 0. The maximum Gasteiger partial charge on any atom is 0.452 e. The minimum atomic E-state index is -5.27. The number of carbonyl (C=O) groups excluding carboxylic acids is 5. The normalized spacial score (nSPS) is 16.6. The van der Waals surface area contributed by atoms with E-state index in [9.17, 15) is 37.1 Å². The van der Waals surface area contributed by atoms with Crippen molar-refractivity contribution >= 4 is 40.4 Å². The van der Waals surface area contributed by atoms with E-state index in [0.717, 1.165) is 16.3 Å². The lowest BCUT2D eigenvalue weighted by atomic mass is 9.89. The van der Waals surface area contributed by atoms with Gasteiger partial charge in [-0.2, -0.15) is 13.2 Å². The summed E-state index contributed by atoms with van der Waals surface area (Å²) in [4.78, 5) is 65.1. The van der Waals surface area contributed by atoms with Crippen molar-refractivity contribution in [3.63, 3.8) is 0 Å². The first-order chi connectivity index (χ1) is 23.3. The molecule has 1 unspecified atom stereocenters. The largest absolute Gasteiger partial charge is 0.452 e. The van der Waals surface area contributed by atoms with Crippen LogP contribution in [0.5, 0.6) is 0 Å². The van der Waals surface area contributed by atoms with Gasteiger partial charge in [0.1, 0.15) is 18.7 Å². The van der Waals surface area contributed by atoms with E-state index in [1.165, 1.54) is 0 Å². The second-order valence-electron chi connectivity index (χ2n) is 12.6. The molecular weight excluding hydrogens is 641 g/mol. The fourth-order valence-electron chi connectivity index (χ4n) is 5.83. The van der Waals surface area contributed by atoms with Crippen LogP contribution in [0.4, 0.5) is 18.0 Å². The molecule has 13 heteroatoms. The molecule has 0 saturated carbocycles. The Morgan fingerprint density at radius 3 is 2.20 bits per heavy atom. The van der Waals surface area contributed by atoms with Crippen LogP contribution in [-0.2, 0) is 36.9 Å². The third-order valence-electron chi connectivity index (χ3n) is 8.30. The number of hydrogen-bond donors (Lipinski definition) is 4.